The predicted octanol–water partition coefficient (Wildman–Crippen LogP) is 0.961. The Hall–Kier alpha value is -2.86. The molecule has 1 aliphatic heterocycles. The second-order valence-electron chi connectivity index (χ2n) is 7.50. The Balaban J connectivity index is 1.61. The smallest absolute Gasteiger partial charge is 0.275 e. The zero-order valence-corrected chi connectivity index (χ0v) is 17.3. The Bertz CT molecular complexity index is 867. The van der Waals surface area contributed by atoms with Crippen LogP contribution >= 0.6 is 0 Å². The number of carbonyl (C=O) groups is 2. The zero-order valence-electron chi connectivity index (χ0n) is 17.3. The lowest BCUT2D eigenvalue weighted by atomic mass is 9.98. The number of methoxy groups -OCH3 is 2. The Morgan fingerprint density at radius 2 is 1.72 bits per heavy atom. The van der Waals surface area contributed by atoms with Crippen LogP contribution in [0.15, 0.2) is 42.5 Å². The lowest BCUT2D eigenvalue weighted by molar-refractivity contribution is -0.908. The summed E-state index contributed by atoms with van der Waals surface area (Å²) >= 11 is 0. The summed E-state index contributed by atoms with van der Waals surface area (Å²) in [5, 5.41) is 2.92. The molecule has 2 aromatic carbocycles. The van der Waals surface area contributed by atoms with Gasteiger partial charge < -0.3 is 19.7 Å². The van der Waals surface area contributed by atoms with Gasteiger partial charge in [-0.3, -0.25) is 9.59 Å². The average Bonchev–Trinajstić information content (AvgIpc) is 2.72. The second kappa shape index (κ2) is 9.56. The largest absolute Gasteiger partial charge is 0.493 e. The van der Waals surface area contributed by atoms with Crippen molar-refractivity contribution in [2.24, 2.45) is 0 Å². The first kappa shape index (κ1) is 20.9. The van der Waals surface area contributed by atoms with Crippen molar-refractivity contribution in [2.45, 2.75) is 32.4 Å². The van der Waals surface area contributed by atoms with E-state index in [1.54, 1.807) is 14.2 Å². The topological polar surface area (TPSA) is 69.1 Å². The number of carbonyl (C=O) groups excluding carboxylic acids is 2. The molecule has 0 saturated heterocycles. The minimum absolute atomic E-state index is 0.0296. The van der Waals surface area contributed by atoms with Crippen molar-refractivity contribution in [1.82, 2.24) is 5.32 Å². The quantitative estimate of drug-likeness (QED) is 0.696. The van der Waals surface area contributed by atoms with Crippen LogP contribution < -0.4 is 19.7 Å². The van der Waals surface area contributed by atoms with Gasteiger partial charge in [-0.15, -0.1) is 0 Å². The number of ketones is 1. The van der Waals surface area contributed by atoms with Crippen LogP contribution in [0.5, 0.6) is 11.5 Å². The summed E-state index contributed by atoms with van der Waals surface area (Å²) in [7, 11) is 3.26. The molecule has 1 aliphatic rings. The van der Waals surface area contributed by atoms with Crippen molar-refractivity contribution in [1.29, 1.82) is 0 Å². The number of quaternary nitrogens is 1. The summed E-state index contributed by atoms with van der Waals surface area (Å²) in [5.74, 6) is 1.31. The molecular weight excluding hydrogens is 368 g/mol. The van der Waals surface area contributed by atoms with Crippen molar-refractivity contribution in [3.63, 3.8) is 0 Å². The third-order valence-electron chi connectivity index (χ3n) is 5.41. The van der Waals surface area contributed by atoms with Crippen molar-refractivity contribution in [3.05, 3.63) is 59.2 Å². The van der Waals surface area contributed by atoms with Gasteiger partial charge in [0.15, 0.2) is 23.8 Å². The molecule has 1 amide bonds. The standard InChI is InChI=1S/C23H28N2O4/c1-16(26)20(11-17-7-5-4-6-8-17)24-23(27)15-25-10-9-18-12-21(28-2)22(29-3)13-19(18)14-25/h4-8,12-13,20H,9-11,14-15H2,1-3H3,(H,24,27)/p+1/t20-/m0/s1. The molecule has 0 spiro atoms. The summed E-state index contributed by atoms with van der Waals surface area (Å²) < 4.78 is 10.8. The molecule has 154 valence electrons. The van der Waals surface area contributed by atoms with E-state index in [-0.39, 0.29) is 11.7 Å². The molecule has 0 fully saturated rings. The number of amides is 1. The fourth-order valence-corrected chi connectivity index (χ4v) is 3.80. The van der Waals surface area contributed by atoms with Crippen LogP contribution in [0.1, 0.15) is 23.6 Å². The van der Waals surface area contributed by atoms with Crippen LogP contribution in [-0.4, -0.2) is 45.0 Å². The SMILES string of the molecule is COc1cc2c(cc1OC)C[NH+](CC(=O)N[C@@H](Cc1ccccc1)C(C)=O)CC2. The van der Waals surface area contributed by atoms with E-state index in [1.165, 1.54) is 23.0 Å². The van der Waals surface area contributed by atoms with E-state index >= 15 is 0 Å². The molecule has 1 heterocycles. The van der Waals surface area contributed by atoms with Gasteiger partial charge in [0.2, 0.25) is 0 Å². The van der Waals surface area contributed by atoms with Crippen LogP contribution in [0.25, 0.3) is 0 Å². The van der Waals surface area contributed by atoms with Crippen molar-refractivity contribution in [2.75, 3.05) is 27.3 Å². The van der Waals surface area contributed by atoms with Crippen molar-refractivity contribution in [3.8, 4) is 11.5 Å². The van der Waals surface area contributed by atoms with Gasteiger partial charge in [0.25, 0.3) is 5.91 Å². The summed E-state index contributed by atoms with van der Waals surface area (Å²) in [6, 6.07) is 13.3. The van der Waals surface area contributed by atoms with Gasteiger partial charge in [0, 0.05) is 12.0 Å². The van der Waals surface area contributed by atoms with E-state index in [2.05, 4.69) is 5.32 Å². The second-order valence-corrected chi connectivity index (χ2v) is 7.50. The Morgan fingerprint density at radius 1 is 1.07 bits per heavy atom. The number of hydrogen-bond donors (Lipinski definition) is 2. The molecule has 2 atom stereocenters. The number of nitrogens with one attached hydrogen (secondary N) is 2. The summed E-state index contributed by atoms with van der Waals surface area (Å²) in [6.07, 6.45) is 1.38. The molecular formula is C23H29N2O4+. The highest BCUT2D eigenvalue weighted by Gasteiger charge is 2.25. The first-order valence-electron chi connectivity index (χ1n) is 9.91. The molecule has 0 aromatic heterocycles. The van der Waals surface area contributed by atoms with E-state index in [1.807, 2.05) is 42.5 Å². The average molecular weight is 397 g/mol. The normalized spacial score (nSPS) is 16.4. The first-order chi connectivity index (χ1) is 14.0. The van der Waals surface area contributed by atoms with Gasteiger partial charge in [-0.2, -0.15) is 0 Å². The van der Waals surface area contributed by atoms with Crippen molar-refractivity contribution < 1.29 is 24.0 Å². The van der Waals surface area contributed by atoms with E-state index in [0.717, 1.165) is 30.8 Å². The van der Waals surface area contributed by atoms with E-state index in [9.17, 15) is 9.59 Å². The van der Waals surface area contributed by atoms with Gasteiger partial charge in [0.05, 0.1) is 26.8 Å². The number of fused-ring (bicyclic) bond motifs is 1. The molecule has 2 N–H and O–H groups in total. The monoisotopic (exact) mass is 397 g/mol. The maximum Gasteiger partial charge on any atom is 0.275 e. The van der Waals surface area contributed by atoms with Gasteiger partial charge in [-0.05, 0) is 36.6 Å². The number of hydrogen-bond acceptors (Lipinski definition) is 4. The molecule has 2 aromatic rings. The van der Waals surface area contributed by atoms with Crippen LogP contribution in [-0.2, 0) is 29.0 Å². The fraction of sp³-hybridized carbons (Fsp3) is 0.391. The fourth-order valence-electron chi connectivity index (χ4n) is 3.80. The van der Waals surface area contributed by atoms with E-state index in [0.29, 0.717) is 18.7 Å². The summed E-state index contributed by atoms with van der Waals surface area (Å²) in [4.78, 5) is 25.8. The third-order valence-corrected chi connectivity index (χ3v) is 5.41. The molecule has 0 saturated carbocycles. The van der Waals surface area contributed by atoms with Gasteiger partial charge in [-0.1, -0.05) is 30.3 Å². The van der Waals surface area contributed by atoms with Crippen LogP contribution in [0.3, 0.4) is 0 Å². The Kier molecular flexibility index (Phi) is 6.88. The predicted molar refractivity (Wildman–Crippen MR) is 110 cm³/mol. The van der Waals surface area contributed by atoms with Gasteiger partial charge in [-0.25, -0.2) is 0 Å². The molecule has 1 unspecified atom stereocenters. The number of ether oxygens (including phenoxy) is 2. The van der Waals surface area contributed by atoms with Crippen LogP contribution in [0.4, 0.5) is 0 Å². The number of benzene rings is 2. The molecule has 0 radical (unpaired) electrons. The van der Waals surface area contributed by atoms with Crippen molar-refractivity contribution >= 4 is 11.7 Å². The summed E-state index contributed by atoms with van der Waals surface area (Å²) in [6.45, 7) is 3.47. The minimum atomic E-state index is -0.495. The number of Topliss-reactive ketones (excluding diaryl/α,β-unsaturated/α-hetero) is 1. The van der Waals surface area contributed by atoms with E-state index in [4.69, 9.17) is 9.47 Å². The lowest BCUT2D eigenvalue weighted by Gasteiger charge is -2.27. The van der Waals surface area contributed by atoms with E-state index < -0.39 is 6.04 Å². The zero-order chi connectivity index (χ0) is 20.8. The Morgan fingerprint density at radius 3 is 2.34 bits per heavy atom. The first-order valence-corrected chi connectivity index (χ1v) is 9.91. The molecule has 3 rings (SSSR count). The summed E-state index contributed by atoms with van der Waals surface area (Å²) in [5.41, 5.74) is 3.44. The van der Waals surface area contributed by atoms with Gasteiger partial charge in [0.1, 0.15) is 6.54 Å². The molecule has 6 nitrogen and oxygen atoms in total. The maximum atomic E-state index is 12.6. The van der Waals surface area contributed by atoms with Crippen LogP contribution in [0, 0.1) is 0 Å². The highest BCUT2D eigenvalue weighted by molar-refractivity contribution is 5.88. The lowest BCUT2D eigenvalue weighted by Crippen LogP contribution is -3.13. The number of rotatable bonds is 8. The minimum Gasteiger partial charge on any atom is -0.493 e. The molecule has 29 heavy (non-hydrogen) atoms. The molecule has 0 bridgehead atoms. The highest BCUT2D eigenvalue weighted by atomic mass is 16.5. The molecule has 0 aliphatic carbocycles. The van der Waals surface area contributed by atoms with Gasteiger partial charge >= 0.3 is 0 Å². The molecule has 6 heteroatoms. The maximum absolute atomic E-state index is 12.6. The highest BCUT2D eigenvalue weighted by Crippen LogP contribution is 2.31. The Labute approximate surface area is 171 Å². The third kappa shape index (κ3) is 5.35. The van der Waals surface area contributed by atoms with Crippen LogP contribution in [0.2, 0.25) is 0 Å².